The first-order valence-electron chi connectivity index (χ1n) is 12.2. The van der Waals surface area contributed by atoms with Gasteiger partial charge in [0.1, 0.15) is 17.2 Å². The Hall–Kier alpha value is -4.48. The molecular weight excluding hydrogens is 556 g/mol. The van der Waals surface area contributed by atoms with E-state index in [0.717, 1.165) is 29.9 Å². The summed E-state index contributed by atoms with van der Waals surface area (Å²) in [5, 5.41) is 27.6. The second kappa shape index (κ2) is 14.1. The van der Waals surface area contributed by atoms with Crippen molar-refractivity contribution in [1.29, 1.82) is 0 Å². The van der Waals surface area contributed by atoms with Crippen LogP contribution in [0.25, 0.3) is 11.3 Å². The molecule has 3 aromatic carbocycles. The molecule has 0 fully saturated rings. The Balaban J connectivity index is 1.26. The number of thiazole rings is 1. The summed E-state index contributed by atoms with van der Waals surface area (Å²) in [7, 11) is 0. The third kappa shape index (κ3) is 8.26. The van der Waals surface area contributed by atoms with Gasteiger partial charge in [0.25, 0.3) is 5.69 Å². The predicted octanol–water partition coefficient (Wildman–Crippen LogP) is 6.70. The third-order valence-corrected chi connectivity index (χ3v) is 6.62. The Morgan fingerprint density at radius 1 is 1.00 bits per heavy atom. The molecule has 0 aliphatic carbocycles. The van der Waals surface area contributed by atoms with E-state index in [1.807, 2.05) is 41.8 Å². The number of nitrogens with one attached hydrogen (secondary N) is 1. The Bertz CT molecular complexity index is 1470. The molecule has 0 saturated carbocycles. The normalized spacial score (nSPS) is 11.2. The number of hydrogen-bond acceptors (Lipinski definition) is 9. The molecule has 1 aromatic heterocycles. The largest absolute Gasteiger partial charge is 0.494 e. The Labute approximate surface area is 239 Å². The number of aromatic nitrogens is 1. The minimum Gasteiger partial charge on any atom is -0.494 e. The van der Waals surface area contributed by atoms with E-state index in [4.69, 9.17) is 21.1 Å². The smallest absolute Gasteiger partial charge is 0.352 e. The number of carboxylic acid groups (broad SMARTS) is 1. The molecule has 40 heavy (non-hydrogen) atoms. The third-order valence-electron chi connectivity index (χ3n) is 5.62. The van der Waals surface area contributed by atoms with Crippen molar-refractivity contribution in [2.45, 2.75) is 19.3 Å². The van der Waals surface area contributed by atoms with Crippen molar-refractivity contribution >= 4 is 45.4 Å². The number of ether oxygens (including phenoxy) is 2. The number of carboxylic acids is 1. The van der Waals surface area contributed by atoms with Crippen molar-refractivity contribution in [3.8, 4) is 22.8 Å². The fourth-order valence-corrected chi connectivity index (χ4v) is 4.38. The maximum absolute atomic E-state index is 11.7. The minimum absolute atomic E-state index is 0.163. The maximum atomic E-state index is 11.7. The summed E-state index contributed by atoms with van der Waals surface area (Å²) in [5.41, 5.74) is 4.02. The van der Waals surface area contributed by atoms with Gasteiger partial charge < -0.3 is 14.6 Å². The number of anilines is 1. The highest BCUT2D eigenvalue weighted by atomic mass is 35.5. The van der Waals surface area contributed by atoms with Crippen molar-refractivity contribution < 1.29 is 24.3 Å². The first-order chi connectivity index (χ1) is 19.4. The molecular formula is C28H25ClN4O6S. The Morgan fingerprint density at radius 3 is 2.25 bits per heavy atom. The van der Waals surface area contributed by atoms with Crippen LogP contribution in [0.2, 0.25) is 5.02 Å². The zero-order valence-electron chi connectivity index (χ0n) is 21.2. The summed E-state index contributed by atoms with van der Waals surface area (Å²) in [6, 6.07) is 20.7. The van der Waals surface area contributed by atoms with Crippen LogP contribution in [0.1, 0.15) is 18.4 Å². The van der Waals surface area contributed by atoms with Crippen molar-refractivity contribution in [3.63, 3.8) is 0 Å². The van der Waals surface area contributed by atoms with Gasteiger partial charge in [-0.25, -0.2) is 9.78 Å². The van der Waals surface area contributed by atoms with Crippen molar-refractivity contribution in [2.75, 3.05) is 18.6 Å². The number of unbranched alkanes of at least 4 members (excludes halogenated alkanes) is 1. The number of aliphatic carboxylic acids is 1. The summed E-state index contributed by atoms with van der Waals surface area (Å²) in [4.78, 5) is 26.8. The number of hydrogen-bond donors (Lipinski definition) is 2. The van der Waals surface area contributed by atoms with Crippen molar-refractivity contribution in [3.05, 3.63) is 98.9 Å². The molecule has 2 N–H and O–H groups in total. The summed E-state index contributed by atoms with van der Waals surface area (Å²) < 4.78 is 11.5. The van der Waals surface area contributed by atoms with E-state index < -0.39 is 10.9 Å². The van der Waals surface area contributed by atoms with E-state index in [-0.39, 0.29) is 23.4 Å². The molecule has 0 saturated heterocycles. The van der Waals surface area contributed by atoms with E-state index in [1.165, 1.54) is 29.5 Å². The van der Waals surface area contributed by atoms with Crippen LogP contribution < -0.4 is 14.9 Å². The van der Waals surface area contributed by atoms with Gasteiger partial charge in [-0.2, -0.15) is 5.10 Å². The van der Waals surface area contributed by atoms with Gasteiger partial charge >= 0.3 is 5.97 Å². The minimum atomic E-state index is -1.29. The second-order valence-electron chi connectivity index (χ2n) is 8.46. The fourth-order valence-electron chi connectivity index (χ4n) is 3.59. The second-order valence-corrected chi connectivity index (χ2v) is 9.75. The summed E-state index contributed by atoms with van der Waals surface area (Å²) >= 11 is 7.13. The maximum Gasteiger partial charge on any atom is 0.352 e. The molecule has 0 spiro atoms. The summed E-state index contributed by atoms with van der Waals surface area (Å²) in [5.74, 6) is 0.239. The number of nitro groups is 1. The molecule has 0 amide bonds. The van der Waals surface area contributed by atoms with Gasteiger partial charge in [0.15, 0.2) is 0 Å². The molecule has 1 heterocycles. The van der Waals surface area contributed by atoms with E-state index >= 15 is 0 Å². The Morgan fingerprint density at radius 2 is 1.62 bits per heavy atom. The molecule has 4 rings (SSSR count). The average Bonchev–Trinajstić information content (AvgIpc) is 3.43. The quantitative estimate of drug-likeness (QED) is 0.0727. The zero-order valence-corrected chi connectivity index (χ0v) is 22.7. The standard InChI is InChI=1S/C28H25ClN4O6S/c29-21-9-13-23(14-10-21)39-16-4-3-15-38-22-11-7-19(8-12-22)25-18-40-28(30-25)32-31-24(27(34)35)17-20-5-1-2-6-26(20)33(36)37/h1-2,5-14,18H,3-4,15-17H2,(H,30,32)(H,34,35)/b31-24-. The van der Waals surface area contributed by atoms with Crippen LogP contribution in [-0.2, 0) is 11.2 Å². The molecule has 0 unspecified atom stereocenters. The SMILES string of the molecule is O=C(O)/C(Cc1ccccc1[N+](=O)[O-])=N\Nc1nc(-c2ccc(OCCCCOc3ccc(Cl)cc3)cc2)cs1. The highest BCUT2D eigenvalue weighted by Gasteiger charge is 2.18. The van der Waals surface area contributed by atoms with E-state index in [2.05, 4.69) is 15.5 Å². The first-order valence-corrected chi connectivity index (χ1v) is 13.5. The van der Waals surface area contributed by atoms with Gasteiger partial charge in [-0.15, -0.1) is 11.3 Å². The van der Waals surface area contributed by atoms with Crippen LogP contribution >= 0.6 is 22.9 Å². The van der Waals surface area contributed by atoms with Crippen LogP contribution in [0, 0.1) is 10.1 Å². The molecule has 0 radical (unpaired) electrons. The fraction of sp³-hybridized carbons (Fsp3) is 0.179. The zero-order chi connectivity index (χ0) is 28.3. The lowest BCUT2D eigenvalue weighted by Crippen LogP contribution is -2.18. The number of para-hydroxylation sites is 1. The molecule has 0 aliphatic heterocycles. The molecule has 0 aliphatic rings. The van der Waals surface area contributed by atoms with Gasteiger partial charge in [-0.05, 0) is 61.4 Å². The van der Waals surface area contributed by atoms with Crippen LogP contribution in [0.15, 0.2) is 83.3 Å². The van der Waals surface area contributed by atoms with Crippen LogP contribution in [0.5, 0.6) is 11.5 Å². The van der Waals surface area contributed by atoms with Gasteiger partial charge in [-0.1, -0.05) is 29.8 Å². The summed E-state index contributed by atoms with van der Waals surface area (Å²) in [6.45, 7) is 1.15. The number of nitro benzene ring substituents is 1. The number of benzene rings is 3. The highest BCUT2D eigenvalue weighted by molar-refractivity contribution is 7.14. The number of carbonyl (C=O) groups is 1. The number of hydrazone groups is 1. The number of nitrogens with zero attached hydrogens (tertiary/aromatic N) is 3. The van der Waals surface area contributed by atoms with Gasteiger partial charge in [-0.3, -0.25) is 15.5 Å². The lowest BCUT2D eigenvalue weighted by Gasteiger charge is -2.08. The predicted molar refractivity (Wildman–Crippen MR) is 155 cm³/mol. The van der Waals surface area contributed by atoms with E-state index in [0.29, 0.717) is 29.1 Å². The number of rotatable bonds is 14. The van der Waals surface area contributed by atoms with Crippen LogP contribution in [0.3, 0.4) is 0 Å². The molecule has 10 nitrogen and oxygen atoms in total. The number of halogens is 1. The van der Waals surface area contributed by atoms with Crippen LogP contribution in [0.4, 0.5) is 10.8 Å². The molecule has 4 aromatic rings. The lowest BCUT2D eigenvalue weighted by atomic mass is 10.1. The summed E-state index contributed by atoms with van der Waals surface area (Å²) in [6.07, 6.45) is 1.48. The van der Waals surface area contributed by atoms with Gasteiger partial charge in [0.05, 0.1) is 23.8 Å². The molecule has 0 atom stereocenters. The lowest BCUT2D eigenvalue weighted by molar-refractivity contribution is -0.385. The van der Waals surface area contributed by atoms with Crippen molar-refractivity contribution in [2.24, 2.45) is 5.10 Å². The molecule has 12 heteroatoms. The van der Waals surface area contributed by atoms with Gasteiger partial charge in [0.2, 0.25) is 5.13 Å². The average molecular weight is 581 g/mol. The topological polar surface area (TPSA) is 136 Å². The van der Waals surface area contributed by atoms with E-state index in [9.17, 15) is 20.0 Å². The molecule has 206 valence electrons. The Kier molecular flexibility index (Phi) is 10.0. The van der Waals surface area contributed by atoms with Crippen LogP contribution in [-0.4, -0.2) is 39.9 Å². The first kappa shape index (κ1) is 28.5. The van der Waals surface area contributed by atoms with E-state index in [1.54, 1.807) is 18.2 Å². The monoisotopic (exact) mass is 580 g/mol. The van der Waals surface area contributed by atoms with Crippen molar-refractivity contribution in [1.82, 2.24) is 4.98 Å². The highest BCUT2D eigenvalue weighted by Crippen LogP contribution is 2.27. The van der Waals surface area contributed by atoms with Gasteiger partial charge in [0, 0.05) is 34.0 Å². The molecule has 0 bridgehead atoms.